The van der Waals surface area contributed by atoms with E-state index in [-0.39, 0.29) is 0 Å². The molecule has 0 spiro atoms. The highest BCUT2D eigenvalue weighted by Gasteiger charge is 2.00. The van der Waals surface area contributed by atoms with Gasteiger partial charge in [-0.15, -0.1) is 0 Å². The van der Waals surface area contributed by atoms with Crippen LogP contribution in [-0.4, -0.2) is 6.54 Å². The molecule has 1 aromatic rings. The number of hydrogen-bond acceptors (Lipinski definition) is 2. The Morgan fingerprint density at radius 1 is 1.43 bits per heavy atom. The summed E-state index contributed by atoms with van der Waals surface area (Å²) in [7, 11) is 0. The molecule has 0 aliphatic heterocycles. The molecule has 0 radical (unpaired) electrons. The molecule has 1 rings (SSSR count). The van der Waals surface area contributed by atoms with Crippen molar-refractivity contribution in [2.75, 3.05) is 12.3 Å². The van der Waals surface area contributed by atoms with Crippen LogP contribution < -0.4 is 11.5 Å². The fourth-order valence-corrected chi connectivity index (χ4v) is 1.33. The van der Waals surface area contributed by atoms with E-state index in [0.29, 0.717) is 23.7 Å². The second-order valence-corrected chi connectivity index (χ2v) is 3.44. The Balaban J connectivity index is 2.97. The maximum atomic E-state index is 5.91. The van der Waals surface area contributed by atoms with Gasteiger partial charge in [0.1, 0.15) is 0 Å². The third-order valence-corrected chi connectivity index (χ3v) is 2.15. The minimum Gasteiger partial charge on any atom is -0.397 e. The summed E-state index contributed by atoms with van der Waals surface area (Å²) in [6, 6.07) is 3.69. The first kappa shape index (κ1) is 10.9. The molecule has 3 heteroatoms. The Morgan fingerprint density at radius 2 is 2.14 bits per heavy atom. The van der Waals surface area contributed by atoms with Gasteiger partial charge in [0.05, 0.1) is 10.7 Å². The molecule has 0 fully saturated rings. The lowest BCUT2D eigenvalue weighted by Crippen LogP contribution is -1.95. The van der Waals surface area contributed by atoms with Crippen molar-refractivity contribution in [3.63, 3.8) is 0 Å². The molecule has 4 N–H and O–H groups in total. The van der Waals surface area contributed by atoms with E-state index in [4.69, 9.17) is 23.1 Å². The fraction of sp³-hybridized carbons (Fsp3) is 0.273. The molecule has 74 valence electrons. The van der Waals surface area contributed by atoms with Gasteiger partial charge in [0.15, 0.2) is 0 Å². The first-order chi connectivity index (χ1) is 6.65. The van der Waals surface area contributed by atoms with Crippen LogP contribution in [0.4, 0.5) is 5.69 Å². The van der Waals surface area contributed by atoms with Crippen LogP contribution in [0, 0.1) is 18.8 Å². The summed E-state index contributed by atoms with van der Waals surface area (Å²) < 4.78 is 0. The number of hydrogen-bond donors (Lipinski definition) is 2. The number of aryl methyl sites for hydroxylation is 1. The zero-order valence-electron chi connectivity index (χ0n) is 8.10. The van der Waals surface area contributed by atoms with E-state index in [2.05, 4.69) is 11.8 Å². The van der Waals surface area contributed by atoms with Crippen molar-refractivity contribution in [1.29, 1.82) is 0 Å². The molecular weight excluding hydrogens is 196 g/mol. The van der Waals surface area contributed by atoms with E-state index < -0.39 is 0 Å². The highest BCUT2D eigenvalue weighted by atomic mass is 35.5. The van der Waals surface area contributed by atoms with Crippen LogP contribution in [-0.2, 0) is 0 Å². The van der Waals surface area contributed by atoms with Crippen molar-refractivity contribution in [3.05, 3.63) is 28.3 Å². The van der Waals surface area contributed by atoms with Crippen LogP contribution in [0.3, 0.4) is 0 Å². The van der Waals surface area contributed by atoms with Gasteiger partial charge in [-0.25, -0.2) is 0 Å². The molecular formula is C11H13ClN2. The third-order valence-electron chi connectivity index (χ3n) is 1.84. The summed E-state index contributed by atoms with van der Waals surface area (Å²) in [6.07, 6.45) is 0.695. The van der Waals surface area contributed by atoms with E-state index in [0.717, 1.165) is 11.1 Å². The molecule has 0 aliphatic rings. The maximum absolute atomic E-state index is 5.91. The second-order valence-electron chi connectivity index (χ2n) is 3.03. The van der Waals surface area contributed by atoms with Gasteiger partial charge in [-0.1, -0.05) is 23.4 Å². The van der Waals surface area contributed by atoms with Crippen molar-refractivity contribution < 1.29 is 0 Å². The standard InChI is InChI=1S/C11H13ClN2/c1-8-6-9(4-2-3-5-13)7-10(12)11(8)14/h6-7H,3,5,13-14H2,1H3. The number of anilines is 1. The molecule has 0 aromatic heterocycles. The molecule has 0 aliphatic carbocycles. The van der Waals surface area contributed by atoms with Gasteiger partial charge >= 0.3 is 0 Å². The summed E-state index contributed by atoms with van der Waals surface area (Å²) in [4.78, 5) is 0. The first-order valence-corrected chi connectivity index (χ1v) is 4.77. The normalized spacial score (nSPS) is 9.36. The van der Waals surface area contributed by atoms with Gasteiger partial charge in [-0.05, 0) is 24.6 Å². The minimum atomic E-state index is 0.557. The van der Waals surface area contributed by atoms with Gasteiger partial charge in [-0.2, -0.15) is 0 Å². The number of nitrogens with two attached hydrogens (primary N) is 2. The maximum Gasteiger partial charge on any atom is 0.0650 e. The smallest absolute Gasteiger partial charge is 0.0650 e. The van der Waals surface area contributed by atoms with Gasteiger partial charge in [0.25, 0.3) is 0 Å². The molecule has 2 nitrogen and oxygen atoms in total. The van der Waals surface area contributed by atoms with Crippen LogP contribution >= 0.6 is 11.6 Å². The zero-order valence-corrected chi connectivity index (χ0v) is 8.86. The van der Waals surface area contributed by atoms with Crippen molar-refractivity contribution in [2.24, 2.45) is 5.73 Å². The summed E-state index contributed by atoms with van der Waals surface area (Å²) in [5.74, 6) is 5.94. The monoisotopic (exact) mass is 208 g/mol. The van der Waals surface area contributed by atoms with Crippen LogP contribution in [0.15, 0.2) is 12.1 Å². The third kappa shape index (κ3) is 2.66. The van der Waals surface area contributed by atoms with Crippen molar-refractivity contribution >= 4 is 17.3 Å². The van der Waals surface area contributed by atoms with E-state index in [1.54, 1.807) is 6.07 Å². The summed E-state index contributed by atoms with van der Waals surface area (Å²) in [5, 5.41) is 0.557. The van der Waals surface area contributed by atoms with E-state index >= 15 is 0 Å². The average molecular weight is 209 g/mol. The van der Waals surface area contributed by atoms with E-state index in [1.807, 2.05) is 13.0 Å². The molecule has 14 heavy (non-hydrogen) atoms. The Labute approximate surface area is 89.2 Å². The highest BCUT2D eigenvalue weighted by molar-refractivity contribution is 6.33. The van der Waals surface area contributed by atoms with Crippen molar-refractivity contribution in [1.82, 2.24) is 0 Å². The lowest BCUT2D eigenvalue weighted by molar-refractivity contribution is 1.03. The Kier molecular flexibility index (Phi) is 3.82. The molecule has 0 saturated heterocycles. The lowest BCUT2D eigenvalue weighted by atomic mass is 10.1. The number of benzene rings is 1. The summed E-state index contributed by atoms with van der Waals surface area (Å²) in [6.45, 7) is 2.49. The molecule has 0 heterocycles. The van der Waals surface area contributed by atoms with Gasteiger partial charge < -0.3 is 11.5 Å². The molecule has 0 amide bonds. The van der Waals surface area contributed by atoms with E-state index in [1.165, 1.54) is 0 Å². The first-order valence-electron chi connectivity index (χ1n) is 4.39. The average Bonchev–Trinajstić information content (AvgIpc) is 2.14. The van der Waals surface area contributed by atoms with Crippen LogP contribution in [0.1, 0.15) is 17.5 Å². The Bertz CT molecular complexity index is 365. The minimum absolute atomic E-state index is 0.557. The molecule has 0 atom stereocenters. The predicted molar refractivity (Wildman–Crippen MR) is 61.2 cm³/mol. The fourth-order valence-electron chi connectivity index (χ4n) is 1.06. The lowest BCUT2D eigenvalue weighted by Gasteiger charge is -2.02. The van der Waals surface area contributed by atoms with Gasteiger partial charge in [-0.3, -0.25) is 0 Å². The van der Waals surface area contributed by atoms with Crippen molar-refractivity contribution in [3.8, 4) is 11.8 Å². The van der Waals surface area contributed by atoms with E-state index in [9.17, 15) is 0 Å². The van der Waals surface area contributed by atoms with Crippen LogP contribution in [0.2, 0.25) is 5.02 Å². The predicted octanol–water partition coefficient (Wildman–Crippen LogP) is 1.93. The van der Waals surface area contributed by atoms with Crippen LogP contribution in [0.25, 0.3) is 0 Å². The summed E-state index contributed by atoms with van der Waals surface area (Å²) >= 11 is 5.91. The largest absolute Gasteiger partial charge is 0.397 e. The molecule has 0 saturated carbocycles. The summed E-state index contributed by atoms with van der Waals surface area (Å²) in [5.41, 5.74) is 13.5. The number of halogens is 1. The number of rotatable bonds is 1. The van der Waals surface area contributed by atoms with Crippen molar-refractivity contribution in [2.45, 2.75) is 13.3 Å². The molecule has 0 bridgehead atoms. The molecule has 0 unspecified atom stereocenters. The van der Waals surface area contributed by atoms with Gasteiger partial charge in [0, 0.05) is 18.5 Å². The Morgan fingerprint density at radius 3 is 2.71 bits per heavy atom. The SMILES string of the molecule is Cc1cc(C#CCCN)cc(Cl)c1N. The highest BCUT2D eigenvalue weighted by Crippen LogP contribution is 2.23. The molecule has 1 aromatic carbocycles. The zero-order chi connectivity index (χ0) is 10.6. The van der Waals surface area contributed by atoms with Crippen LogP contribution in [0.5, 0.6) is 0 Å². The quantitative estimate of drug-likeness (QED) is 0.548. The number of nitrogen functional groups attached to an aromatic ring is 1. The van der Waals surface area contributed by atoms with Gasteiger partial charge in [0.2, 0.25) is 0 Å². The second kappa shape index (κ2) is 4.90. The Hall–Kier alpha value is -1.17. The topological polar surface area (TPSA) is 52.0 Å².